The molecule has 1 aromatic carbocycles. The summed E-state index contributed by atoms with van der Waals surface area (Å²) in [6, 6.07) is 12.0. The van der Waals surface area contributed by atoms with Crippen LogP contribution in [0.3, 0.4) is 0 Å². The molecule has 0 aliphatic rings. The van der Waals surface area contributed by atoms with Crippen LogP contribution in [0.1, 0.15) is 11.3 Å². The van der Waals surface area contributed by atoms with Gasteiger partial charge in [0.25, 0.3) is 0 Å². The molecule has 3 heteroatoms. The normalized spacial score (nSPS) is 10.6. The number of ether oxygens (including phenoxy) is 2. The van der Waals surface area contributed by atoms with E-state index in [2.05, 4.69) is 29.4 Å². The molecule has 21 heavy (non-hydrogen) atoms. The molecule has 0 N–H and O–H groups in total. The van der Waals surface area contributed by atoms with Crippen LogP contribution in [0.2, 0.25) is 0 Å². The number of nitrogens with zero attached hydrogens (tertiary/aromatic N) is 1. The summed E-state index contributed by atoms with van der Waals surface area (Å²) in [7, 11) is 3.27. The smallest absolute Gasteiger partial charge is 0.205 e. The lowest BCUT2D eigenvalue weighted by Gasteiger charge is -2.07. The van der Waals surface area contributed by atoms with E-state index >= 15 is 0 Å². The Morgan fingerprint density at radius 2 is 1.86 bits per heavy atom. The first-order valence-corrected chi connectivity index (χ1v) is 6.78. The highest BCUT2D eigenvalue weighted by molar-refractivity contribution is 5.68. The van der Waals surface area contributed by atoms with E-state index in [1.165, 1.54) is 0 Å². The number of aromatic nitrogens is 1. The van der Waals surface area contributed by atoms with E-state index in [1.54, 1.807) is 14.2 Å². The van der Waals surface area contributed by atoms with Crippen LogP contribution in [0.25, 0.3) is 12.2 Å². The summed E-state index contributed by atoms with van der Waals surface area (Å²) in [6.45, 7) is 4.57. The summed E-state index contributed by atoms with van der Waals surface area (Å²) in [5.41, 5.74) is 2.17. The topological polar surface area (TPSA) is 22.3 Å². The van der Waals surface area contributed by atoms with Crippen LogP contribution >= 0.6 is 0 Å². The van der Waals surface area contributed by atoms with Crippen molar-refractivity contribution in [3.8, 4) is 11.5 Å². The molecule has 0 spiro atoms. The predicted octanol–water partition coefficient (Wildman–Crippen LogP) is 3.35. The van der Waals surface area contributed by atoms with Crippen molar-refractivity contribution >= 4 is 12.2 Å². The predicted molar refractivity (Wildman–Crippen MR) is 85.3 cm³/mol. The Bertz CT molecular complexity index is 647. The fraction of sp³-hybridized carbons (Fsp3) is 0.167. The van der Waals surface area contributed by atoms with E-state index in [0.717, 1.165) is 29.3 Å². The van der Waals surface area contributed by atoms with Crippen molar-refractivity contribution in [2.24, 2.45) is 0 Å². The van der Waals surface area contributed by atoms with E-state index in [-0.39, 0.29) is 0 Å². The molecule has 0 saturated heterocycles. The Hall–Kier alpha value is -2.55. The highest BCUT2D eigenvalue weighted by Crippen LogP contribution is 2.28. The van der Waals surface area contributed by atoms with Gasteiger partial charge >= 0.3 is 0 Å². The zero-order chi connectivity index (χ0) is 15.1. The van der Waals surface area contributed by atoms with Crippen molar-refractivity contribution in [1.82, 2.24) is 0 Å². The lowest BCUT2D eigenvalue weighted by molar-refractivity contribution is -0.688. The fourth-order valence-electron chi connectivity index (χ4n) is 2.08. The van der Waals surface area contributed by atoms with E-state index < -0.39 is 0 Å². The molecule has 0 atom stereocenters. The van der Waals surface area contributed by atoms with Crippen molar-refractivity contribution in [2.45, 2.75) is 6.54 Å². The molecule has 0 amide bonds. The monoisotopic (exact) mass is 282 g/mol. The quantitative estimate of drug-likeness (QED) is 0.599. The minimum atomic E-state index is 0.728. The van der Waals surface area contributed by atoms with Crippen LogP contribution in [-0.2, 0) is 6.54 Å². The van der Waals surface area contributed by atoms with E-state index in [4.69, 9.17) is 9.47 Å². The van der Waals surface area contributed by atoms with Crippen LogP contribution in [0.4, 0.5) is 0 Å². The van der Waals surface area contributed by atoms with Crippen LogP contribution in [0.5, 0.6) is 11.5 Å². The number of hydrogen-bond acceptors (Lipinski definition) is 2. The summed E-state index contributed by atoms with van der Waals surface area (Å²) < 4.78 is 12.7. The third kappa shape index (κ3) is 3.72. The molecule has 108 valence electrons. The second kappa shape index (κ2) is 7.29. The molecule has 1 heterocycles. The maximum Gasteiger partial charge on any atom is 0.205 e. The summed E-state index contributed by atoms with van der Waals surface area (Å²) in [6.07, 6.45) is 8.05. The Kier molecular flexibility index (Phi) is 5.16. The zero-order valence-corrected chi connectivity index (χ0v) is 12.5. The molecule has 0 aliphatic carbocycles. The van der Waals surface area contributed by atoms with E-state index in [1.807, 2.05) is 42.6 Å². The van der Waals surface area contributed by atoms with Gasteiger partial charge < -0.3 is 9.47 Å². The average Bonchev–Trinajstić information content (AvgIpc) is 2.54. The second-order valence-electron chi connectivity index (χ2n) is 4.51. The Balaban J connectivity index is 2.27. The van der Waals surface area contributed by atoms with Crippen molar-refractivity contribution in [1.29, 1.82) is 0 Å². The van der Waals surface area contributed by atoms with Gasteiger partial charge in [-0.25, -0.2) is 0 Å². The zero-order valence-electron chi connectivity index (χ0n) is 12.5. The molecule has 2 aromatic rings. The maximum atomic E-state index is 5.31. The number of methoxy groups -OCH3 is 2. The second-order valence-corrected chi connectivity index (χ2v) is 4.51. The van der Waals surface area contributed by atoms with Gasteiger partial charge in [0.15, 0.2) is 24.2 Å². The van der Waals surface area contributed by atoms with Crippen molar-refractivity contribution in [3.05, 3.63) is 66.5 Å². The van der Waals surface area contributed by atoms with Crippen molar-refractivity contribution in [2.75, 3.05) is 14.2 Å². The van der Waals surface area contributed by atoms with Crippen LogP contribution < -0.4 is 14.0 Å². The van der Waals surface area contributed by atoms with Crippen LogP contribution in [0, 0.1) is 0 Å². The van der Waals surface area contributed by atoms with Crippen molar-refractivity contribution in [3.63, 3.8) is 0 Å². The van der Waals surface area contributed by atoms with Gasteiger partial charge in [-0.15, -0.1) is 0 Å². The standard InChI is InChI=1S/C18H20NO2/c1-4-12-19-13-6-5-7-16(19)10-8-15-9-11-17(20-2)18(14-15)21-3/h4-11,13-14H,1,12H2,2-3H3/q+1. The maximum absolute atomic E-state index is 5.31. The lowest BCUT2D eigenvalue weighted by atomic mass is 10.1. The van der Waals surface area contributed by atoms with Gasteiger partial charge in [-0.1, -0.05) is 12.6 Å². The van der Waals surface area contributed by atoms with Crippen LogP contribution in [0.15, 0.2) is 55.3 Å². The molecule has 1 aromatic heterocycles. The minimum Gasteiger partial charge on any atom is -0.493 e. The highest BCUT2D eigenvalue weighted by atomic mass is 16.5. The first-order valence-electron chi connectivity index (χ1n) is 6.78. The van der Waals surface area contributed by atoms with Gasteiger partial charge in [-0.05, 0) is 35.9 Å². The third-order valence-corrected chi connectivity index (χ3v) is 3.16. The molecule has 0 fully saturated rings. The first-order chi connectivity index (χ1) is 10.3. The number of hydrogen-bond donors (Lipinski definition) is 0. The molecule has 0 bridgehead atoms. The van der Waals surface area contributed by atoms with E-state index in [9.17, 15) is 0 Å². The summed E-state index contributed by atoms with van der Waals surface area (Å²) in [5, 5.41) is 0. The number of benzene rings is 1. The first kappa shape index (κ1) is 14.9. The molecule has 0 radical (unpaired) electrons. The number of pyridine rings is 1. The van der Waals surface area contributed by atoms with Gasteiger partial charge in [0, 0.05) is 18.2 Å². The van der Waals surface area contributed by atoms with Crippen molar-refractivity contribution < 1.29 is 14.0 Å². The average molecular weight is 282 g/mol. The van der Waals surface area contributed by atoms with Gasteiger partial charge in [0.05, 0.1) is 14.2 Å². The van der Waals surface area contributed by atoms with Gasteiger partial charge in [0.2, 0.25) is 5.69 Å². The molecule has 3 nitrogen and oxygen atoms in total. The molecule has 0 unspecified atom stereocenters. The lowest BCUT2D eigenvalue weighted by Crippen LogP contribution is -2.35. The summed E-state index contributed by atoms with van der Waals surface area (Å²) in [5.74, 6) is 1.46. The Morgan fingerprint density at radius 3 is 2.57 bits per heavy atom. The molecule has 0 saturated carbocycles. The number of rotatable bonds is 6. The van der Waals surface area contributed by atoms with E-state index in [0.29, 0.717) is 0 Å². The number of allylic oxidation sites excluding steroid dienone is 1. The minimum absolute atomic E-state index is 0.728. The Morgan fingerprint density at radius 1 is 1.05 bits per heavy atom. The molecular formula is C18H20NO2+. The molecule has 0 aliphatic heterocycles. The van der Waals surface area contributed by atoms with Crippen LogP contribution in [-0.4, -0.2) is 14.2 Å². The summed E-state index contributed by atoms with van der Waals surface area (Å²) in [4.78, 5) is 0. The van der Waals surface area contributed by atoms with Gasteiger partial charge in [-0.2, -0.15) is 4.57 Å². The SMILES string of the molecule is C=CC[n+]1ccccc1C=Cc1ccc(OC)c(OC)c1. The highest BCUT2D eigenvalue weighted by Gasteiger charge is 2.05. The van der Waals surface area contributed by atoms with Gasteiger partial charge in [0.1, 0.15) is 0 Å². The molecule has 2 rings (SSSR count). The third-order valence-electron chi connectivity index (χ3n) is 3.16. The fourth-order valence-corrected chi connectivity index (χ4v) is 2.08. The largest absolute Gasteiger partial charge is 0.493 e. The Labute approximate surface area is 125 Å². The molecular weight excluding hydrogens is 262 g/mol. The summed E-state index contributed by atoms with van der Waals surface area (Å²) >= 11 is 0. The van der Waals surface area contributed by atoms with Gasteiger partial charge in [-0.3, -0.25) is 0 Å².